The maximum Gasteiger partial charge on any atom is 0.251 e. The van der Waals surface area contributed by atoms with Crippen molar-refractivity contribution in [2.45, 2.75) is 19.8 Å². The Morgan fingerprint density at radius 3 is 2.73 bits per heavy atom. The summed E-state index contributed by atoms with van der Waals surface area (Å²) in [5, 5.41) is 2.88. The molecule has 0 aliphatic heterocycles. The average Bonchev–Trinajstić information content (AvgIpc) is 2.25. The van der Waals surface area contributed by atoms with Gasteiger partial charge in [-0.15, -0.1) is 11.6 Å². The molecule has 0 bridgehead atoms. The molecule has 0 spiro atoms. The predicted molar refractivity (Wildman–Crippen MR) is 63.5 cm³/mol. The zero-order valence-corrected chi connectivity index (χ0v) is 9.68. The Balaban J connectivity index is 2.44. The van der Waals surface area contributed by atoms with Crippen molar-refractivity contribution in [1.82, 2.24) is 5.32 Å². The number of benzene rings is 1. The molecule has 1 N–H and O–H groups in total. The second-order valence-electron chi connectivity index (χ2n) is 3.47. The molecule has 0 aromatic heterocycles. The first-order chi connectivity index (χ1) is 7.25. The fraction of sp³-hybridized carbons (Fsp3) is 0.417. The summed E-state index contributed by atoms with van der Waals surface area (Å²) in [4.78, 5) is 11.7. The van der Waals surface area contributed by atoms with Crippen LogP contribution in [0.3, 0.4) is 0 Å². The zero-order valence-electron chi connectivity index (χ0n) is 8.92. The van der Waals surface area contributed by atoms with E-state index in [1.165, 1.54) is 0 Å². The lowest BCUT2D eigenvalue weighted by molar-refractivity contribution is 0.0952. The molecular formula is C12H16ClNO. The zero-order chi connectivity index (χ0) is 11.1. The van der Waals surface area contributed by atoms with Crippen molar-refractivity contribution in [2.75, 3.05) is 12.4 Å². The SMILES string of the molecule is Cc1ccccc1C(=O)NCCCCCl. The number of hydrogen-bond acceptors (Lipinski definition) is 1. The van der Waals surface area contributed by atoms with Gasteiger partial charge < -0.3 is 5.32 Å². The number of rotatable bonds is 5. The molecule has 0 aliphatic rings. The summed E-state index contributed by atoms with van der Waals surface area (Å²) in [6, 6.07) is 7.58. The smallest absolute Gasteiger partial charge is 0.251 e. The molecule has 1 rings (SSSR count). The predicted octanol–water partition coefficient (Wildman–Crippen LogP) is 2.74. The Hall–Kier alpha value is -1.02. The van der Waals surface area contributed by atoms with Crippen LogP contribution in [-0.4, -0.2) is 18.3 Å². The molecule has 0 heterocycles. The van der Waals surface area contributed by atoms with Crippen LogP contribution in [0, 0.1) is 6.92 Å². The quantitative estimate of drug-likeness (QED) is 0.606. The number of carbonyl (C=O) groups is 1. The molecule has 1 aromatic carbocycles. The van der Waals surface area contributed by atoms with E-state index in [9.17, 15) is 4.79 Å². The minimum atomic E-state index is 0.00247. The lowest BCUT2D eigenvalue weighted by Gasteiger charge is -2.06. The van der Waals surface area contributed by atoms with Gasteiger partial charge in [-0.05, 0) is 31.4 Å². The van der Waals surface area contributed by atoms with Gasteiger partial charge in [-0.3, -0.25) is 4.79 Å². The number of aryl methyl sites for hydroxylation is 1. The van der Waals surface area contributed by atoms with E-state index in [2.05, 4.69) is 5.32 Å². The standard InChI is InChI=1S/C12H16ClNO/c1-10-6-2-3-7-11(10)12(15)14-9-5-4-8-13/h2-3,6-7H,4-5,8-9H2,1H3,(H,14,15). The van der Waals surface area contributed by atoms with Crippen molar-refractivity contribution < 1.29 is 4.79 Å². The highest BCUT2D eigenvalue weighted by atomic mass is 35.5. The third-order valence-corrected chi connectivity index (χ3v) is 2.50. The maximum absolute atomic E-state index is 11.7. The fourth-order valence-corrected chi connectivity index (χ4v) is 1.53. The summed E-state index contributed by atoms with van der Waals surface area (Å²) < 4.78 is 0. The molecular weight excluding hydrogens is 210 g/mol. The number of carbonyl (C=O) groups excluding carboxylic acids is 1. The van der Waals surface area contributed by atoms with Gasteiger partial charge >= 0.3 is 0 Å². The van der Waals surface area contributed by atoms with Crippen molar-refractivity contribution in [3.8, 4) is 0 Å². The van der Waals surface area contributed by atoms with Crippen LogP contribution >= 0.6 is 11.6 Å². The highest BCUT2D eigenvalue weighted by Gasteiger charge is 2.06. The topological polar surface area (TPSA) is 29.1 Å². The Morgan fingerprint density at radius 2 is 2.07 bits per heavy atom. The van der Waals surface area contributed by atoms with E-state index >= 15 is 0 Å². The fourth-order valence-electron chi connectivity index (χ4n) is 1.34. The van der Waals surface area contributed by atoms with Crippen LogP contribution in [0.25, 0.3) is 0 Å². The van der Waals surface area contributed by atoms with Gasteiger partial charge in [0.2, 0.25) is 0 Å². The summed E-state index contributed by atoms with van der Waals surface area (Å²) in [6.45, 7) is 2.63. The third kappa shape index (κ3) is 3.92. The minimum Gasteiger partial charge on any atom is -0.352 e. The lowest BCUT2D eigenvalue weighted by atomic mass is 10.1. The molecule has 82 valence electrons. The van der Waals surface area contributed by atoms with Crippen LogP contribution in [0.1, 0.15) is 28.8 Å². The number of hydrogen-bond donors (Lipinski definition) is 1. The Morgan fingerprint density at radius 1 is 1.33 bits per heavy atom. The van der Waals surface area contributed by atoms with Crippen LogP contribution in [0.5, 0.6) is 0 Å². The molecule has 2 nitrogen and oxygen atoms in total. The summed E-state index contributed by atoms with van der Waals surface area (Å²) >= 11 is 5.55. The molecule has 15 heavy (non-hydrogen) atoms. The van der Waals surface area contributed by atoms with E-state index in [0.717, 1.165) is 24.0 Å². The van der Waals surface area contributed by atoms with Gasteiger partial charge in [0.25, 0.3) is 5.91 Å². The van der Waals surface area contributed by atoms with Crippen molar-refractivity contribution in [3.05, 3.63) is 35.4 Å². The van der Waals surface area contributed by atoms with E-state index in [1.807, 2.05) is 31.2 Å². The van der Waals surface area contributed by atoms with Crippen molar-refractivity contribution in [2.24, 2.45) is 0 Å². The lowest BCUT2D eigenvalue weighted by Crippen LogP contribution is -2.25. The first kappa shape index (κ1) is 12.1. The first-order valence-electron chi connectivity index (χ1n) is 5.15. The number of unbranched alkanes of at least 4 members (excludes halogenated alkanes) is 1. The molecule has 1 amide bonds. The molecule has 3 heteroatoms. The number of alkyl halides is 1. The van der Waals surface area contributed by atoms with E-state index in [-0.39, 0.29) is 5.91 Å². The van der Waals surface area contributed by atoms with E-state index in [4.69, 9.17) is 11.6 Å². The minimum absolute atomic E-state index is 0.00247. The Bertz CT molecular complexity index is 325. The van der Waals surface area contributed by atoms with E-state index in [1.54, 1.807) is 0 Å². The monoisotopic (exact) mass is 225 g/mol. The van der Waals surface area contributed by atoms with Gasteiger partial charge in [0.05, 0.1) is 0 Å². The van der Waals surface area contributed by atoms with Crippen LogP contribution < -0.4 is 5.32 Å². The largest absolute Gasteiger partial charge is 0.352 e. The van der Waals surface area contributed by atoms with Crippen LogP contribution in [0.4, 0.5) is 0 Å². The second kappa shape index (κ2) is 6.46. The normalized spacial score (nSPS) is 10.0. The molecule has 0 radical (unpaired) electrons. The Kier molecular flexibility index (Phi) is 5.19. The van der Waals surface area contributed by atoms with Gasteiger partial charge in [0, 0.05) is 18.0 Å². The molecule has 1 aromatic rings. The number of amides is 1. The molecule has 0 unspecified atom stereocenters. The van der Waals surface area contributed by atoms with Gasteiger partial charge in [-0.1, -0.05) is 18.2 Å². The van der Waals surface area contributed by atoms with Crippen LogP contribution in [0.15, 0.2) is 24.3 Å². The molecule has 0 saturated carbocycles. The highest BCUT2D eigenvalue weighted by Crippen LogP contribution is 2.06. The van der Waals surface area contributed by atoms with Crippen molar-refractivity contribution >= 4 is 17.5 Å². The van der Waals surface area contributed by atoms with E-state index in [0.29, 0.717) is 12.4 Å². The summed E-state index contributed by atoms with van der Waals surface area (Å²) in [6.07, 6.45) is 1.87. The van der Waals surface area contributed by atoms with Gasteiger partial charge in [-0.2, -0.15) is 0 Å². The average molecular weight is 226 g/mol. The highest BCUT2D eigenvalue weighted by molar-refractivity contribution is 6.17. The molecule has 0 aliphatic carbocycles. The maximum atomic E-state index is 11.7. The van der Waals surface area contributed by atoms with Crippen molar-refractivity contribution in [1.29, 1.82) is 0 Å². The second-order valence-corrected chi connectivity index (χ2v) is 3.84. The van der Waals surface area contributed by atoms with Gasteiger partial charge in [-0.25, -0.2) is 0 Å². The number of halogens is 1. The van der Waals surface area contributed by atoms with E-state index < -0.39 is 0 Å². The Labute approximate surface area is 95.6 Å². The van der Waals surface area contributed by atoms with Crippen LogP contribution in [0.2, 0.25) is 0 Å². The third-order valence-electron chi connectivity index (χ3n) is 2.24. The summed E-state index contributed by atoms with van der Waals surface area (Å²) in [5.74, 6) is 0.655. The summed E-state index contributed by atoms with van der Waals surface area (Å²) in [5.41, 5.74) is 1.76. The molecule has 0 atom stereocenters. The van der Waals surface area contributed by atoms with Gasteiger partial charge in [0.1, 0.15) is 0 Å². The summed E-state index contributed by atoms with van der Waals surface area (Å²) in [7, 11) is 0. The van der Waals surface area contributed by atoms with Crippen molar-refractivity contribution in [3.63, 3.8) is 0 Å². The first-order valence-corrected chi connectivity index (χ1v) is 5.69. The molecule has 0 saturated heterocycles. The molecule has 0 fully saturated rings. The number of nitrogens with one attached hydrogen (secondary N) is 1. The van der Waals surface area contributed by atoms with Crippen LogP contribution in [-0.2, 0) is 0 Å². The van der Waals surface area contributed by atoms with Gasteiger partial charge in [0.15, 0.2) is 0 Å².